The third-order valence-electron chi connectivity index (χ3n) is 7.08. The first kappa shape index (κ1) is 23.8. The second-order valence-electron chi connectivity index (χ2n) is 9.04. The topological polar surface area (TPSA) is 130 Å². The van der Waals surface area contributed by atoms with Gasteiger partial charge in [0.1, 0.15) is 16.2 Å². The van der Waals surface area contributed by atoms with Crippen molar-refractivity contribution in [2.45, 2.75) is 63.0 Å². The zero-order valence-corrected chi connectivity index (χ0v) is 24.8. The quantitative estimate of drug-likeness (QED) is 0.216. The SMILES string of the molecule is CC(C)N1C(=O)C2C3CC(C(OC(=O)C4CCC4)C31)C2C(=O)O[CH-]C(F)(F)S(=O)(=O)[O-].[Rf]. The van der Waals surface area contributed by atoms with Crippen LogP contribution >= 0.6 is 0 Å². The van der Waals surface area contributed by atoms with E-state index in [1.54, 1.807) is 18.7 Å². The zero-order valence-electron chi connectivity index (χ0n) is 17.6. The molecule has 3 saturated carbocycles. The number of esters is 2. The number of nitrogens with zero attached hydrogens (tertiary/aromatic N) is 1. The van der Waals surface area contributed by atoms with Gasteiger partial charge in [-0.25, -0.2) is 17.2 Å². The molecule has 6 atom stereocenters. The largest absolute Gasteiger partial charge is 0.746 e. The third kappa shape index (κ3) is 3.39. The molecule has 1 heterocycles. The molecule has 0 aromatic carbocycles. The Bertz CT molecular complexity index is 909. The van der Waals surface area contributed by atoms with Gasteiger partial charge >= 0.3 is 5.97 Å². The van der Waals surface area contributed by atoms with Crippen molar-refractivity contribution < 1.29 is 45.6 Å². The number of alkyl halides is 2. The number of rotatable bonds is 7. The van der Waals surface area contributed by atoms with E-state index in [1.807, 2.05) is 0 Å². The summed E-state index contributed by atoms with van der Waals surface area (Å²) in [5.41, 5.74) is 0. The predicted octanol–water partition coefficient (Wildman–Crippen LogP) is 1.04. The van der Waals surface area contributed by atoms with E-state index in [-0.39, 0.29) is 23.8 Å². The first-order chi connectivity index (χ1) is 14.3. The molecule has 13 heteroatoms. The summed E-state index contributed by atoms with van der Waals surface area (Å²) in [6.45, 7) is 2.99. The summed E-state index contributed by atoms with van der Waals surface area (Å²) in [4.78, 5) is 39.8. The van der Waals surface area contributed by atoms with Gasteiger partial charge in [0.15, 0.2) is 0 Å². The zero-order chi connectivity index (χ0) is 22.9. The minimum absolute atomic E-state index is 0. The summed E-state index contributed by atoms with van der Waals surface area (Å²) in [6.07, 6.45) is 1.94. The molecule has 1 aliphatic heterocycles. The van der Waals surface area contributed by atoms with Crippen LogP contribution < -0.4 is 0 Å². The number of fused-ring (bicyclic) bond motifs is 1. The van der Waals surface area contributed by atoms with Crippen LogP contribution in [-0.4, -0.2) is 59.2 Å². The van der Waals surface area contributed by atoms with Gasteiger partial charge in [0.25, 0.3) is 11.2 Å². The van der Waals surface area contributed by atoms with Crippen LogP contribution in [0, 0.1) is 36.2 Å². The van der Waals surface area contributed by atoms with E-state index in [9.17, 15) is 36.1 Å². The van der Waals surface area contributed by atoms with Gasteiger partial charge in [-0.3, -0.25) is 14.4 Å². The average Bonchev–Trinajstić information content (AvgIpc) is 3.19. The molecule has 0 radical (unpaired) electrons. The summed E-state index contributed by atoms with van der Waals surface area (Å²) in [7, 11) is -6.07. The molecule has 3 aliphatic carbocycles. The molecule has 4 rings (SSSR count). The van der Waals surface area contributed by atoms with E-state index in [1.165, 1.54) is 0 Å². The van der Waals surface area contributed by atoms with Crippen molar-refractivity contribution in [1.29, 1.82) is 0 Å². The normalized spacial score (nSPS) is 33.8. The first-order valence-corrected chi connectivity index (χ1v) is 11.7. The molecule has 32 heavy (non-hydrogen) atoms. The van der Waals surface area contributed by atoms with Gasteiger partial charge in [-0.1, -0.05) is 13.0 Å². The fourth-order valence-electron chi connectivity index (χ4n) is 5.56. The van der Waals surface area contributed by atoms with Gasteiger partial charge < -0.3 is 18.9 Å². The molecule has 4 fully saturated rings. The fourth-order valence-corrected chi connectivity index (χ4v) is 5.73. The Morgan fingerprint density at radius 3 is 2.34 bits per heavy atom. The van der Waals surface area contributed by atoms with E-state index >= 15 is 0 Å². The van der Waals surface area contributed by atoms with Crippen molar-refractivity contribution in [3.63, 3.8) is 0 Å². The summed E-state index contributed by atoms with van der Waals surface area (Å²) in [5.74, 6) is -5.11. The third-order valence-corrected chi connectivity index (χ3v) is 7.84. The van der Waals surface area contributed by atoms with Gasteiger partial charge in [-0.2, -0.15) is 0 Å². The average molecular weight is 730 g/mol. The summed E-state index contributed by atoms with van der Waals surface area (Å²) in [6, 6.07) is -0.632. The van der Waals surface area contributed by atoms with Gasteiger partial charge in [0.05, 0.1) is 23.8 Å². The molecule has 4 aliphatic rings. The minimum Gasteiger partial charge on any atom is -0.746 e. The van der Waals surface area contributed by atoms with Crippen molar-refractivity contribution in [3.05, 3.63) is 6.61 Å². The Morgan fingerprint density at radius 1 is 1.22 bits per heavy atom. The molecule has 0 spiro atoms. The monoisotopic (exact) mass is 730 g/mol. The van der Waals surface area contributed by atoms with Crippen LogP contribution in [0.25, 0.3) is 0 Å². The summed E-state index contributed by atoms with van der Waals surface area (Å²) >= 11 is 0. The Kier molecular flexibility index (Phi) is 5.70. The molecule has 1 saturated heterocycles. The van der Waals surface area contributed by atoms with Crippen LogP contribution in [0.4, 0.5) is 8.78 Å². The number of carbonyl (C=O) groups excluding carboxylic acids is 3. The smallest absolute Gasteiger partial charge is 0.309 e. The standard InChI is InChI=1S/C19H24F2NO8S.Rf/c1-8(2)22-14-10-6-11(15(14)30-17(24)9-4-3-5-9)13(12(10)16(22)23)18(25)29-7-19(20,21)31(26,27)28;/h7-15H,3-6H2,1-2H3,(H,26,27,28);/q-1;/p-1. The van der Waals surface area contributed by atoms with E-state index < -0.39 is 63.8 Å². The van der Waals surface area contributed by atoms with E-state index in [0.717, 1.165) is 6.42 Å². The van der Waals surface area contributed by atoms with Gasteiger partial charge in [0, 0.05) is 12.0 Å². The van der Waals surface area contributed by atoms with E-state index in [0.29, 0.717) is 19.3 Å². The molecule has 2 bridgehead atoms. The molecule has 0 aromatic heterocycles. The molecule has 0 N–H and O–H groups in total. The second-order valence-corrected chi connectivity index (χ2v) is 10.5. The van der Waals surface area contributed by atoms with Gasteiger partial charge in [0.2, 0.25) is 5.91 Å². The Balaban J connectivity index is 0.00000289. The van der Waals surface area contributed by atoms with Crippen molar-refractivity contribution in [2.75, 3.05) is 0 Å². The van der Waals surface area contributed by atoms with Crippen molar-refractivity contribution >= 4 is 28.0 Å². The summed E-state index contributed by atoms with van der Waals surface area (Å²) in [5, 5.41) is -4.90. The Labute approximate surface area is 178 Å². The minimum atomic E-state index is -6.07. The maximum atomic E-state index is 13.4. The molecular formula is C19H23F2NO8RfS-2. The fraction of sp³-hybridized carbons (Fsp3) is 0.789. The van der Waals surface area contributed by atoms with Gasteiger partial charge in [-0.05, 0) is 39.0 Å². The summed E-state index contributed by atoms with van der Waals surface area (Å²) < 4.78 is 68.9. The van der Waals surface area contributed by atoms with Crippen LogP contribution in [-0.2, 0) is 34.0 Å². The number of hydrogen-bond acceptors (Lipinski definition) is 8. The van der Waals surface area contributed by atoms with Crippen LogP contribution in [0.1, 0.15) is 39.5 Å². The number of hydrogen-bond donors (Lipinski definition) is 0. The predicted molar refractivity (Wildman–Crippen MR) is 96.6 cm³/mol. The number of carbonyl (C=O) groups is 3. The van der Waals surface area contributed by atoms with Gasteiger partial charge in [-0.15, -0.1) is 0 Å². The van der Waals surface area contributed by atoms with Crippen LogP contribution in [0.15, 0.2) is 0 Å². The van der Waals surface area contributed by atoms with Crippen molar-refractivity contribution in [1.82, 2.24) is 4.90 Å². The van der Waals surface area contributed by atoms with Crippen molar-refractivity contribution in [3.8, 4) is 0 Å². The molecule has 1 amide bonds. The van der Waals surface area contributed by atoms with Crippen LogP contribution in [0.2, 0.25) is 0 Å². The number of halogens is 2. The first-order valence-electron chi connectivity index (χ1n) is 10.3. The molecule has 9 nitrogen and oxygen atoms in total. The Hall–Kier alpha value is -2.82. The second kappa shape index (κ2) is 7.65. The Morgan fingerprint density at radius 2 is 1.84 bits per heavy atom. The van der Waals surface area contributed by atoms with E-state index in [4.69, 9.17) is 4.74 Å². The van der Waals surface area contributed by atoms with E-state index in [2.05, 4.69) is 4.74 Å². The maximum absolute atomic E-state index is 13.4. The molecule has 0 aromatic rings. The number of likely N-dealkylation sites (tertiary alicyclic amines) is 1. The number of amides is 1. The number of ether oxygens (including phenoxy) is 2. The maximum Gasteiger partial charge on any atom is 0.309 e. The van der Waals surface area contributed by atoms with Crippen LogP contribution in [0.5, 0.6) is 0 Å². The van der Waals surface area contributed by atoms with Crippen molar-refractivity contribution in [2.24, 2.45) is 29.6 Å². The molecule has 6 unspecified atom stereocenters. The molecular weight excluding hydrogens is 707 g/mol. The van der Waals surface area contributed by atoms with Crippen LogP contribution in [0.3, 0.4) is 0 Å². The molecule has 176 valence electrons.